The molecule has 70 valence electrons. The maximum atomic E-state index is 10.7. The highest BCUT2D eigenvalue weighted by molar-refractivity contribution is 7.88. The van der Waals surface area contributed by atoms with Gasteiger partial charge >= 0.3 is 10.2 Å². The maximum Gasteiger partial charge on any atom is 0.318 e. The second-order valence-corrected chi connectivity index (χ2v) is 3.36. The fourth-order valence-electron chi connectivity index (χ4n) is 0.354. The fraction of sp³-hybridized carbons (Fsp3) is 0.500. The molecule has 0 radical (unpaired) electrons. The smallest absolute Gasteiger partial charge is 0.277 e. The van der Waals surface area contributed by atoms with Crippen molar-refractivity contribution >= 4 is 22.0 Å². The van der Waals surface area contributed by atoms with E-state index in [4.69, 9.17) is 0 Å². The average Bonchev–Trinajstić information content (AvgIpc) is 1.81. The number of hydrazine groups is 1. The largest absolute Gasteiger partial charge is 0.318 e. The van der Waals surface area contributed by atoms with E-state index in [-0.39, 0.29) is 0 Å². The first kappa shape index (κ1) is 10.8. The Morgan fingerprint density at radius 1 is 1.08 bits per heavy atom. The molecule has 0 bridgehead atoms. The normalized spacial score (nSPS) is 10.5. The summed E-state index contributed by atoms with van der Waals surface area (Å²) >= 11 is 0. The lowest BCUT2D eigenvalue weighted by Gasteiger charge is -2.05. The zero-order valence-electron chi connectivity index (χ0n) is 6.54. The first-order valence-corrected chi connectivity index (χ1v) is 4.38. The molecular weight excluding hydrogens is 186 g/mol. The van der Waals surface area contributed by atoms with E-state index in [2.05, 4.69) is 0 Å². The molecular formula is C4H9N3O4S. The van der Waals surface area contributed by atoms with E-state index in [0.29, 0.717) is 0 Å². The van der Waals surface area contributed by atoms with Gasteiger partial charge in [0.25, 0.3) is 0 Å². The van der Waals surface area contributed by atoms with Crippen LogP contribution in [0.15, 0.2) is 0 Å². The molecule has 0 aromatic carbocycles. The van der Waals surface area contributed by atoms with Crippen molar-refractivity contribution in [1.82, 2.24) is 15.0 Å². The van der Waals surface area contributed by atoms with Gasteiger partial charge in [0.2, 0.25) is 11.8 Å². The third-order valence-corrected chi connectivity index (χ3v) is 1.57. The van der Waals surface area contributed by atoms with Gasteiger partial charge in [0.05, 0.1) is 0 Å². The van der Waals surface area contributed by atoms with Crippen molar-refractivity contribution in [3.8, 4) is 0 Å². The Kier molecular flexibility index (Phi) is 3.64. The molecule has 2 amide bonds. The lowest BCUT2D eigenvalue weighted by atomic mass is 10.8. The first-order chi connectivity index (χ1) is 5.33. The lowest BCUT2D eigenvalue weighted by molar-refractivity contribution is -0.120. The summed E-state index contributed by atoms with van der Waals surface area (Å²) in [5, 5.41) is 0. The third kappa shape index (κ3) is 5.62. The number of nitrogens with one attached hydrogen (secondary N) is 3. The molecule has 0 fully saturated rings. The predicted octanol–water partition coefficient (Wildman–Crippen LogP) is -1.99. The van der Waals surface area contributed by atoms with Crippen LogP contribution in [-0.2, 0) is 19.8 Å². The van der Waals surface area contributed by atoms with Gasteiger partial charge in [0, 0.05) is 13.8 Å². The molecule has 0 heterocycles. The molecule has 0 aliphatic carbocycles. The Bertz CT molecular complexity index is 283. The fourth-order valence-corrected chi connectivity index (χ4v) is 1.06. The minimum atomic E-state index is -3.96. The quantitative estimate of drug-likeness (QED) is 0.453. The van der Waals surface area contributed by atoms with Gasteiger partial charge in [0.1, 0.15) is 0 Å². The minimum absolute atomic E-state index is 0.580. The van der Waals surface area contributed by atoms with E-state index >= 15 is 0 Å². The van der Waals surface area contributed by atoms with Crippen molar-refractivity contribution in [1.29, 1.82) is 0 Å². The summed E-state index contributed by atoms with van der Waals surface area (Å²) in [5.41, 5.74) is 1.80. The number of carbonyl (C=O) groups excluding carboxylic acids is 2. The molecule has 0 saturated carbocycles. The Labute approximate surface area is 69.7 Å². The van der Waals surface area contributed by atoms with Gasteiger partial charge in [-0.05, 0) is 0 Å². The lowest BCUT2D eigenvalue weighted by Crippen LogP contribution is -2.47. The van der Waals surface area contributed by atoms with Crippen LogP contribution in [-0.4, -0.2) is 20.2 Å². The third-order valence-electron chi connectivity index (χ3n) is 0.640. The molecule has 0 aliphatic heterocycles. The monoisotopic (exact) mass is 195 g/mol. The minimum Gasteiger partial charge on any atom is -0.277 e. The molecule has 3 N–H and O–H groups in total. The zero-order valence-corrected chi connectivity index (χ0v) is 7.36. The summed E-state index contributed by atoms with van der Waals surface area (Å²) < 4.78 is 23.0. The average molecular weight is 195 g/mol. The molecule has 0 unspecified atom stereocenters. The van der Waals surface area contributed by atoms with Gasteiger partial charge < -0.3 is 0 Å². The van der Waals surface area contributed by atoms with Crippen molar-refractivity contribution < 1.29 is 18.0 Å². The van der Waals surface area contributed by atoms with Crippen molar-refractivity contribution in [3.05, 3.63) is 0 Å². The van der Waals surface area contributed by atoms with E-state index in [1.807, 2.05) is 0 Å². The molecule has 7 nitrogen and oxygen atoms in total. The topological polar surface area (TPSA) is 104 Å². The van der Waals surface area contributed by atoms with E-state index in [0.717, 1.165) is 13.8 Å². The molecule has 0 aromatic rings. The van der Waals surface area contributed by atoms with E-state index < -0.39 is 22.0 Å². The number of rotatable bonds is 3. The summed E-state index contributed by atoms with van der Waals surface area (Å²) in [7, 11) is -3.96. The molecule has 0 atom stereocenters. The van der Waals surface area contributed by atoms with Gasteiger partial charge in [-0.2, -0.15) is 8.42 Å². The zero-order chi connectivity index (χ0) is 9.78. The van der Waals surface area contributed by atoms with Crippen molar-refractivity contribution in [2.24, 2.45) is 0 Å². The Hall–Kier alpha value is -1.15. The highest BCUT2D eigenvalue weighted by Crippen LogP contribution is 1.72. The van der Waals surface area contributed by atoms with E-state index in [1.165, 1.54) is 0 Å². The molecule has 0 spiro atoms. The predicted molar refractivity (Wildman–Crippen MR) is 39.7 cm³/mol. The van der Waals surface area contributed by atoms with Gasteiger partial charge in [-0.25, -0.2) is 4.72 Å². The van der Waals surface area contributed by atoms with Crippen molar-refractivity contribution in [2.45, 2.75) is 13.8 Å². The number of amides is 2. The van der Waals surface area contributed by atoms with Crippen molar-refractivity contribution in [2.75, 3.05) is 0 Å². The Morgan fingerprint density at radius 3 is 1.92 bits per heavy atom. The van der Waals surface area contributed by atoms with Gasteiger partial charge in [0.15, 0.2) is 0 Å². The molecule has 0 saturated heterocycles. The molecule has 8 heteroatoms. The summed E-state index contributed by atoms with van der Waals surface area (Å²) in [6.07, 6.45) is 0. The second kappa shape index (κ2) is 4.02. The Morgan fingerprint density at radius 2 is 1.58 bits per heavy atom. The van der Waals surface area contributed by atoms with Crippen LogP contribution in [0.5, 0.6) is 0 Å². The van der Waals surface area contributed by atoms with Crippen LogP contribution in [0.4, 0.5) is 0 Å². The van der Waals surface area contributed by atoms with Crippen LogP contribution < -0.4 is 15.0 Å². The van der Waals surface area contributed by atoms with Crippen LogP contribution in [0.1, 0.15) is 13.8 Å². The summed E-state index contributed by atoms with van der Waals surface area (Å²) in [6, 6.07) is 0. The summed E-state index contributed by atoms with van der Waals surface area (Å²) in [5.74, 6) is -1.32. The van der Waals surface area contributed by atoms with Gasteiger partial charge in [-0.3, -0.25) is 15.0 Å². The molecule has 0 aromatic heterocycles. The number of carbonyl (C=O) groups is 2. The number of hydrogen-bond acceptors (Lipinski definition) is 4. The first-order valence-electron chi connectivity index (χ1n) is 2.90. The van der Waals surface area contributed by atoms with Crippen LogP contribution in [0.2, 0.25) is 0 Å². The second-order valence-electron chi connectivity index (χ2n) is 1.94. The standard InChI is InChI=1S/C4H9N3O4S/c1-3(8)5-7-12(10,11)6-4(2)9/h7H,1-2H3,(H,5,8)(H,6,9). The maximum absolute atomic E-state index is 10.7. The van der Waals surface area contributed by atoms with Crippen LogP contribution in [0.3, 0.4) is 0 Å². The summed E-state index contributed by atoms with van der Waals surface area (Å²) in [4.78, 5) is 22.1. The molecule has 12 heavy (non-hydrogen) atoms. The number of hydrogen-bond donors (Lipinski definition) is 3. The highest BCUT2D eigenvalue weighted by Gasteiger charge is 2.09. The van der Waals surface area contributed by atoms with Gasteiger partial charge in [-0.1, -0.05) is 0 Å². The van der Waals surface area contributed by atoms with Crippen LogP contribution in [0.25, 0.3) is 0 Å². The highest BCUT2D eigenvalue weighted by atomic mass is 32.2. The molecule has 0 rings (SSSR count). The SMILES string of the molecule is CC(=O)NNS(=O)(=O)NC(C)=O. The Balaban J connectivity index is 4.06. The van der Waals surface area contributed by atoms with Gasteiger partial charge in [-0.15, -0.1) is 4.83 Å². The summed E-state index contributed by atoms with van der Waals surface area (Å²) in [6.45, 7) is 2.16. The molecule has 0 aliphatic rings. The van der Waals surface area contributed by atoms with Crippen LogP contribution in [0, 0.1) is 0 Å². The van der Waals surface area contributed by atoms with Crippen LogP contribution >= 0.6 is 0 Å². The van der Waals surface area contributed by atoms with Crippen molar-refractivity contribution in [3.63, 3.8) is 0 Å². The van der Waals surface area contributed by atoms with E-state index in [1.54, 1.807) is 15.0 Å². The van der Waals surface area contributed by atoms with E-state index in [9.17, 15) is 18.0 Å².